The van der Waals surface area contributed by atoms with Gasteiger partial charge in [0.1, 0.15) is 0 Å². The molecule has 1 N–H and O–H groups in total. The lowest BCUT2D eigenvalue weighted by molar-refractivity contribution is -0.133. The van der Waals surface area contributed by atoms with Crippen LogP contribution < -0.4 is 5.32 Å². The number of nitrogens with one attached hydrogen (secondary N) is 1. The number of hydrogen-bond donors (Lipinski definition) is 1. The Bertz CT molecular complexity index is 797. The number of nitrogens with zero attached hydrogens (tertiary/aromatic N) is 2. The maximum atomic E-state index is 12.5. The van der Waals surface area contributed by atoms with Gasteiger partial charge in [-0.2, -0.15) is 0 Å². The highest BCUT2D eigenvalue weighted by molar-refractivity contribution is 6.30. The van der Waals surface area contributed by atoms with Gasteiger partial charge in [0.05, 0.1) is 11.8 Å². The van der Waals surface area contributed by atoms with E-state index in [0.29, 0.717) is 24.5 Å². The standard InChI is InChI=1S/C21H24ClN3O2/c1-25(12-8-15-5-9-23-10-6-15)21(27)19-14-18(19)20(26)24-11-7-16-3-2-4-17(22)13-16/h2-6,9-10,13,18-19H,7-8,11-12,14H2,1H3,(H,24,26). The van der Waals surface area contributed by atoms with Gasteiger partial charge in [0.15, 0.2) is 0 Å². The van der Waals surface area contributed by atoms with E-state index in [9.17, 15) is 9.59 Å². The van der Waals surface area contributed by atoms with Crippen molar-refractivity contribution >= 4 is 23.4 Å². The van der Waals surface area contributed by atoms with Crippen LogP contribution in [0.5, 0.6) is 0 Å². The van der Waals surface area contributed by atoms with Crippen LogP contribution in [0.3, 0.4) is 0 Å². The van der Waals surface area contributed by atoms with Crippen LogP contribution in [-0.2, 0) is 22.4 Å². The molecule has 1 aromatic heterocycles. The van der Waals surface area contributed by atoms with E-state index in [1.165, 1.54) is 0 Å². The quantitative estimate of drug-likeness (QED) is 0.760. The van der Waals surface area contributed by atoms with Crippen LogP contribution in [0.15, 0.2) is 48.8 Å². The summed E-state index contributed by atoms with van der Waals surface area (Å²) in [4.78, 5) is 30.5. The number of benzene rings is 1. The molecule has 5 nitrogen and oxygen atoms in total. The lowest BCUT2D eigenvalue weighted by atomic mass is 10.1. The van der Waals surface area contributed by atoms with Crippen molar-refractivity contribution in [3.63, 3.8) is 0 Å². The van der Waals surface area contributed by atoms with Crippen LogP contribution in [0.2, 0.25) is 5.02 Å². The van der Waals surface area contributed by atoms with Crippen molar-refractivity contribution < 1.29 is 9.59 Å². The van der Waals surface area contributed by atoms with Crippen LogP contribution in [0, 0.1) is 11.8 Å². The summed E-state index contributed by atoms with van der Waals surface area (Å²) in [6.07, 6.45) is 5.66. The first-order chi connectivity index (χ1) is 13.0. The summed E-state index contributed by atoms with van der Waals surface area (Å²) in [5, 5.41) is 3.63. The van der Waals surface area contributed by atoms with E-state index in [4.69, 9.17) is 11.6 Å². The number of carbonyl (C=O) groups is 2. The molecule has 1 aliphatic carbocycles. The number of rotatable bonds is 8. The number of likely N-dealkylation sites (N-methyl/N-ethyl adjacent to an activating group) is 1. The third kappa shape index (κ3) is 5.54. The van der Waals surface area contributed by atoms with E-state index in [1.54, 1.807) is 24.3 Å². The van der Waals surface area contributed by atoms with Crippen molar-refractivity contribution in [3.05, 3.63) is 64.9 Å². The molecule has 0 bridgehead atoms. The second kappa shape index (κ2) is 9.00. The maximum Gasteiger partial charge on any atom is 0.226 e. The van der Waals surface area contributed by atoms with Gasteiger partial charge in [-0.1, -0.05) is 23.7 Å². The van der Waals surface area contributed by atoms with Gasteiger partial charge in [0, 0.05) is 37.6 Å². The van der Waals surface area contributed by atoms with Gasteiger partial charge < -0.3 is 10.2 Å². The third-order valence-electron chi connectivity index (χ3n) is 4.91. The largest absolute Gasteiger partial charge is 0.356 e. The third-order valence-corrected chi connectivity index (χ3v) is 5.14. The zero-order chi connectivity index (χ0) is 19.2. The molecule has 2 unspecified atom stereocenters. The molecule has 3 rings (SSSR count). The SMILES string of the molecule is CN(CCc1ccncc1)C(=O)C1CC1C(=O)NCCc1cccc(Cl)c1. The van der Waals surface area contributed by atoms with Crippen LogP contribution >= 0.6 is 11.6 Å². The molecule has 1 aliphatic rings. The summed E-state index contributed by atoms with van der Waals surface area (Å²) < 4.78 is 0. The second-order valence-corrected chi connectivity index (χ2v) is 7.42. The highest BCUT2D eigenvalue weighted by Crippen LogP contribution is 2.39. The smallest absolute Gasteiger partial charge is 0.226 e. The number of aromatic nitrogens is 1. The summed E-state index contributed by atoms with van der Waals surface area (Å²) in [5.41, 5.74) is 2.23. The van der Waals surface area contributed by atoms with E-state index in [-0.39, 0.29) is 23.7 Å². The molecule has 0 radical (unpaired) electrons. The number of carbonyl (C=O) groups excluding carboxylic acids is 2. The highest BCUT2D eigenvalue weighted by Gasteiger charge is 2.48. The number of amides is 2. The lowest BCUT2D eigenvalue weighted by Crippen LogP contribution is -2.33. The Morgan fingerprint density at radius 2 is 1.93 bits per heavy atom. The molecule has 1 saturated carbocycles. The summed E-state index contributed by atoms with van der Waals surface area (Å²) in [5.74, 6) is -0.351. The molecule has 0 aliphatic heterocycles. The first-order valence-corrected chi connectivity index (χ1v) is 9.58. The van der Waals surface area contributed by atoms with Crippen molar-refractivity contribution in [2.24, 2.45) is 11.8 Å². The van der Waals surface area contributed by atoms with Crippen molar-refractivity contribution in [2.45, 2.75) is 19.3 Å². The molecule has 2 atom stereocenters. The lowest BCUT2D eigenvalue weighted by Gasteiger charge is -2.17. The summed E-state index contributed by atoms with van der Waals surface area (Å²) in [6.45, 7) is 1.19. The molecule has 142 valence electrons. The summed E-state index contributed by atoms with van der Waals surface area (Å²) in [7, 11) is 1.80. The average molecular weight is 386 g/mol. The predicted octanol–water partition coefficient (Wildman–Crippen LogP) is 2.73. The van der Waals surface area contributed by atoms with Gasteiger partial charge in [0.2, 0.25) is 11.8 Å². The predicted molar refractivity (Wildman–Crippen MR) is 105 cm³/mol. The molecule has 1 aromatic carbocycles. The Hall–Kier alpha value is -2.40. The fourth-order valence-electron chi connectivity index (χ4n) is 3.15. The van der Waals surface area contributed by atoms with Crippen molar-refractivity contribution in [3.8, 4) is 0 Å². The van der Waals surface area contributed by atoms with E-state index in [2.05, 4.69) is 10.3 Å². The fourth-order valence-corrected chi connectivity index (χ4v) is 3.36. The topological polar surface area (TPSA) is 62.3 Å². The summed E-state index contributed by atoms with van der Waals surface area (Å²) in [6, 6.07) is 11.5. The molecule has 1 heterocycles. The van der Waals surface area contributed by atoms with Crippen LogP contribution in [0.25, 0.3) is 0 Å². The summed E-state index contributed by atoms with van der Waals surface area (Å²) >= 11 is 5.96. The molecular formula is C21H24ClN3O2. The monoisotopic (exact) mass is 385 g/mol. The average Bonchev–Trinajstić information content (AvgIpc) is 3.47. The molecule has 27 heavy (non-hydrogen) atoms. The van der Waals surface area contributed by atoms with Gasteiger partial charge in [-0.15, -0.1) is 0 Å². The van der Waals surface area contributed by atoms with Gasteiger partial charge in [-0.3, -0.25) is 14.6 Å². The van der Waals surface area contributed by atoms with Crippen molar-refractivity contribution in [2.75, 3.05) is 20.1 Å². The van der Waals surface area contributed by atoms with Gasteiger partial charge >= 0.3 is 0 Å². The molecular weight excluding hydrogens is 362 g/mol. The number of hydrogen-bond acceptors (Lipinski definition) is 3. The van der Waals surface area contributed by atoms with Gasteiger partial charge in [-0.05, 0) is 54.7 Å². The number of pyridine rings is 1. The second-order valence-electron chi connectivity index (χ2n) is 6.98. The van der Waals surface area contributed by atoms with E-state index in [1.807, 2.05) is 36.4 Å². The molecule has 2 aromatic rings. The maximum absolute atomic E-state index is 12.5. The zero-order valence-electron chi connectivity index (χ0n) is 15.4. The Kier molecular flexibility index (Phi) is 6.45. The van der Waals surface area contributed by atoms with Crippen LogP contribution in [0.1, 0.15) is 17.5 Å². The van der Waals surface area contributed by atoms with Gasteiger partial charge in [-0.25, -0.2) is 0 Å². The van der Waals surface area contributed by atoms with Crippen molar-refractivity contribution in [1.82, 2.24) is 15.2 Å². The minimum atomic E-state index is -0.194. The van der Waals surface area contributed by atoms with Crippen molar-refractivity contribution in [1.29, 1.82) is 0 Å². The molecule has 1 fully saturated rings. The first-order valence-electron chi connectivity index (χ1n) is 9.20. The Labute approximate surface area is 164 Å². The van der Waals surface area contributed by atoms with E-state index < -0.39 is 0 Å². The van der Waals surface area contributed by atoms with Crippen LogP contribution in [0.4, 0.5) is 0 Å². The Morgan fingerprint density at radius 1 is 1.15 bits per heavy atom. The Morgan fingerprint density at radius 3 is 2.67 bits per heavy atom. The minimum Gasteiger partial charge on any atom is -0.356 e. The molecule has 0 spiro atoms. The van der Waals surface area contributed by atoms with E-state index >= 15 is 0 Å². The molecule has 0 saturated heterocycles. The molecule has 2 amide bonds. The normalized spacial score (nSPS) is 18.0. The molecule has 6 heteroatoms. The first kappa shape index (κ1) is 19.4. The van der Waals surface area contributed by atoms with Crippen LogP contribution in [-0.4, -0.2) is 41.8 Å². The van der Waals surface area contributed by atoms with Gasteiger partial charge in [0.25, 0.3) is 0 Å². The zero-order valence-corrected chi connectivity index (χ0v) is 16.2. The minimum absolute atomic E-state index is 0.0297. The highest BCUT2D eigenvalue weighted by atomic mass is 35.5. The fraction of sp³-hybridized carbons (Fsp3) is 0.381. The van der Waals surface area contributed by atoms with E-state index in [0.717, 1.165) is 24.0 Å². The number of halogens is 1. The Balaban J connectivity index is 1.38.